The third-order valence-electron chi connectivity index (χ3n) is 2.51. The molecule has 0 bridgehead atoms. The first-order chi connectivity index (χ1) is 6.15. The zero-order valence-electron chi connectivity index (χ0n) is 9.05. The van der Waals surface area contributed by atoms with E-state index < -0.39 is 0 Å². The summed E-state index contributed by atoms with van der Waals surface area (Å²) in [7, 11) is 0. The molecule has 0 unspecified atom stereocenters. The standard InChI is InChI=1S/C10H22N2S/c1-4-9(5-2)12(6-3)8-7-10(11)13/h9H,4-8H2,1-3H3,(H2,11,13). The van der Waals surface area contributed by atoms with Crippen molar-refractivity contribution in [3.63, 3.8) is 0 Å². The smallest absolute Gasteiger partial charge is 0.0740 e. The zero-order valence-corrected chi connectivity index (χ0v) is 9.86. The van der Waals surface area contributed by atoms with Gasteiger partial charge in [-0.15, -0.1) is 0 Å². The number of hydrogen-bond donors (Lipinski definition) is 1. The van der Waals surface area contributed by atoms with Crippen LogP contribution in [0.3, 0.4) is 0 Å². The summed E-state index contributed by atoms with van der Waals surface area (Å²) < 4.78 is 0. The minimum Gasteiger partial charge on any atom is -0.393 e. The average molecular weight is 202 g/mol. The molecule has 0 aromatic rings. The molecule has 78 valence electrons. The van der Waals surface area contributed by atoms with E-state index in [2.05, 4.69) is 25.7 Å². The zero-order chi connectivity index (χ0) is 10.3. The maximum absolute atomic E-state index is 5.48. The number of nitrogens with two attached hydrogens (primary N) is 1. The number of rotatable bonds is 7. The summed E-state index contributed by atoms with van der Waals surface area (Å²) in [6, 6.07) is 0.694. The molecule has 0 saturated heterocycles. The predicted octanol–water partition coefficient (Wildman–Crippen LogP) is 2.17. The Labute approximate surface area is 87.5 Å². The van der Waals surface area contributed by atoms with Crippen molar-refractivity contribution < 1.29 is 0 Å². The van der Waals surface area contributed by atoms with E-state index in [-0.39, 0.29) is 0 Å². The molecule has 0 aliphatic rings. The number of hydrogen-bond acceptors (Lipinski definition) is 2. The summed E-state index contributed by atoms with van der Waals surface area (Å²) in [6.45, 7) is 8.76. The molecule has 2 nitrogen and oxygen atoms in total. The maximum atomic E-state index is 5.48. The van der Waals surface area contributed by atoms with Gasteiger partial charge in [-0.25, -0.2) is 0 Å². The summed E-state index contributed by atoms with van der Waals surface area (Å²) in [6.07, 6.45) is 3.27. The second-order valence-electron chi connectivity index (χ2n) is 3.32. The summed E-state index contributed by atoms with van der Waals surface area (Å²) in [5, 5.41) is 0. The quantitative estimate of drug-likeness (QED) is 0.642. The van der Waals surface area contributed by atoms with E-state index in [0.717, 1.165) is 19.5 Å². The fourth-order valence-electron chi connectivity index (χ4n) is 1.66. The van der Waals surface area contributed by atoms with Crippen LogP contribution >= 0.6 is 12.2 Å². The van der Waals surface area contributed by atoms with E-state index in [9.17, 15) is 0 Å². The Morgan fingerprint density at radius 1 is 1.31 bits per heavy atom. The van der Waals surface area contributed by atoms with Crippen molar-refractivity contribution in [1.82, 2.24) is 4.90 Å². The molecule has 0 aromatic heterocycles. The van der Waals surface area contributed by atoms with Crippen LogP contribution in [0.2, 0.25) is 0 Å². The normalized spacial score (nSPS) is 11.2. The number of thiocarbonyl (C=S) groups is 1. The molecule has 0 saturated carbocycles. The van der Waals surface area contributed by atoms with E-state index in [1.807, 2.05) is 0 Å². The molecule has 0 radical (unpaired) electrons. The van der Waals surface area contributed by atoms with Gasteiger partial charge in [0, 0.05) is 19.0 Å². The molecule has 0 aliphatic heterocycles. The first-order valence-electron chi connectivity index (χ1n) is 5.17. The molecule has 0 rings (SSSR count). The molecule has 2 N–H and O–H groups in total. The van der Waals surface area contributed by atoms with Crippen LogP contribution in [0.4, 0.5) is 0 Å². The van der Waals surface area contributed by atoms with Gasteiger partial charge in [0.05, 0.1) is 4.99 Å². The fraction of sp³-hybridized carbons (Fsp3) is 0.900. The second-order valence-corrected chi connectivity index (χ2v) is 3.84. The van der Waals surface area contributed by atoms with E-state index >= 15 is 0 Å². The number of nitrogens with zero attached hydrogens (tertiary/aromatic N) is 1. The molecular formula is C10H22N2S. The van der Waals surface area contributed by atoms with E-state index in [0.29, 0.717) is 11.0 Å². The maximum Gasteiger partial charge on any atom is 0.0740 e. The van der Waals surface area contributed by atoms with Gasteiger partial charge >= 0.3 is 0 Å². The molecule has 13 heavy (non-hydrogen) atoms. The minimum absolute atomic E-state index is 0.629. The Balaban J connectivity index is 3.92. The van der Waals surface area contributed by atoms with Crippen LogP contribution < -0.4 is 5.73 Å². The predicted molar refractivity (Wildman–Crippen MR) is 63.0 cm³/mol. The van der Waals surface area contributed by atoms with E-state index in [1.165, 1.54) is 12.8 Å². The van der Waals surface area contributed by atoms with Gasteiger partial charge in [-0.1, -0.05) is 33.0 Å². The highest BCUT2D eigenvalue weighted by atomic mass is 32.1. The van der Waals surface area contributed by atoms with Crippen LogP contribution in [0, 0.1) is 0 Å². The van der Waals surface area contributed by atoms with Crippen LogP contribution in [0.15, 0.2) is 0 Å². The Morgan fingerprint density at radius 3 is 2.15 bits per heavy atom. The van der Waals surface area contributed by atoms with Crippen molar-refractivity contribution in [2.45, 2.75) is 46.1 Å². The lowest BCUT2D eigenvalue weighted by Crippen LogP contribution is -2.36. The van der Waals surface area contributed by atoms with Crippen LogP contribution in [0.5, 0.6) is 0 Å². The highest BCUT2D eigenvalue weighted by Gasteiger charge is 2.12. The van der Waals surface area contributed by atoms with Gasteiger partial charge in [0.1, 0.15) is 0 Å². The van der Waals surface area contributed by atoms with Crippen molar-refractivity contribution >= 4 is 17.2 Å². The van der Waals surface area contributed by atoms with Gasteiger partial charge in [-0.05, 0) is 19.4 Å². The SMILES string of the molecule is CCC(CC)N(CC)CCC(N)=S. The Hall–Kier alpha value is -0.150. The third-order valence-corrected chi connectivity index (χ3v) is 2.71. The van der Waals surface area contributed by atoms with Crippen molar-refractivity contribution in [3.8, 4) is 0 Å². The first kappa shape index (κ1) is 12.8. The van der Waals surface area contributed by atoms with Crippen LogP contribution in [0.25, 0.3) is 0 Å². The van der Waals surface area contributed by atoms with Gasteiger partial charge in [0.2, 0.25) is 0 Å². The van der Waals surface area contributed by atoms with Crippen LogP contribution in [0.1, 0.15) is 40.0 Å². The summed E-state index contributed by atoms with van der Waals surface area (Å²) in [5.74, 6) is 0. The molecule has 0 aliphatic carbocycles. The van der Waals surface area contributed by atoms with Crippen LogP contribution in [-0.4, -0.2) is 29.0 Å². The highest BCUT2D eigenvalue weighted by Crippen LogP contribution is 2.08. The van der Waals surface area contributed by atoms with Crippen molar-refractivity contribution in [2.75, 3.05) is 13.1 Å². The molecule has 0 atom stereocenters. The molecule has 0 heterocycles. The Morgan fingerprint density at radius 2 is 1.85 bits per heavy atom. The molecule has 0 fully saturated rings. The Kier molecular flexibility index (Phi) is 7.19. The van der Waals surface area contributed by atoms with Gasteiger partial charge in [0.25, 0.3) is 0 Å². The van der Waals surface area contributed by atoms with Gasteiger partial charge in [-0.3, -0.25) is 0 Å². The van der Waals surface area contributed by atoms with Crippen molar-refractivity contribution in [3.05, 3.63) is 0 Å². The highest BCUT2D eigenvalue weighted by molar-refractivity contribution is 7.80. The largest absolute Gasteiger partial charge is 0.393 e. The van der Waals surface area contributed by atoms with Crippen molar-refractivity contribution in [2.24, 2.45) is 5.73 Å². The lowest BCUT2D eigenvalue weighted by Gasteiger charge is -2.28. The van der Waals surface area contributed by atoms with Crippen molar-refractivity contribution in [1.29, 1.82) is 0 Å². The lowest BCUT2D eigenvalue weighted by molar-refractivity contribution is 0.201. The summed E-state index contributed by atoms with van der Waals surface area (Å²) >= 11 is 4.87. The monoisotopic (exact) mass is 202 g/mol. The summed E-state index contributed by atoms with van der Waals surface area (Å²) in [5.41, 5.74) is 5.48. The van der Waals surface area contributed by atoms with Gasteiger partial charge in [0.15, 0.2) is 0 Å². The fourth-order valence-corrected chi connectivity index (χ4v) is 1.75. The average Bonchev–Trinajstić information content (AvgIpc) is 2.11. The summed E-state index contributed by atoms with van der Waals surface area (Å²) in [4.78, 5) is 3.09. The molecule has 3 heteroatoms. The lowest BCUT2D eigenvalue weighted by atomic mass is 10.1. The van der Waals surface area contributed by atoms with E-state index in [1.54, 1.807) is 0 Å². The first-order valence-corrected chi connectivity index (χ1v) is 5.58. The Bertz CT molecular complexity index is 144. The van der Waals surface area contributed by atoms with Crippen LogP contribution in [-0.2, 0) is 0 Å². The van der Waals surface area contributed by atoms with Gasteiger partial charge in [-0.2, -0.15) is 0 Å². The molecule has 0 aromatic carbocycles. The molecule has 0 spiro atoms. The van der Waals surface area contributed by atoms with E-state index in [4.69, 9.17) is 18.0 Å². The second kappa shape index (κ2) is 7.27. The molecule has 0 amide bonds. The topological polar surface area (TPSA) is 29.3 Å². The molecular weight excluding hydrogens is 180 g/mol. The van der Waals surface area contributed by atoms with Gasteiger partial charge < -0.3 is 10.6 Å². The third kappa shape index (κ3) is 5.21. The minimum atomic E-state index is 0.629.